The number of rotatable bonds is 3. The van der Waals surface area contributed by atoms with Gasteiger partial charge in [-0.15, -0.1) is 10.2 Å². The summed E-state index contributed by atoms with van der Waals surface area (Å²) in [6.07, 6.45) is 0.780. The van der Waals surface area contributed by atoms with Gasteiger partial charge >= 0.3 is 0 Å². The molecule has 2 aromatic rings. The van der Waals surface area contributed by atoms with Crippen LogP contribution in [0.25, 0.3) is 10.6 Å². The van der Waals surface area contributed by atoms with Gasteiger partial charge in [0.15, 0.2) is 0 Å². The molecule has 5 nitrogen and oxygen atoms in total. The van der Waals surface area contributed by atoms with Gasteiger partial charge in [-0.1, -0.05) is 11.3 Å². The molecule has 0 aliphatic carbocycles. The smallest absolute Gasteiger partial charge is 0.231 e. The van der Waals surface area contributed by atoms with Gasteiger partial charge < -0.3 is 10.1 Å². The number of hydrogen-bond acceptors (Lipinski definition) is 6. The molecule has 0 aromatic carbocycles. The molecule has 18 heavy (non-hydrogen) atoms. The Balaban J connectivity index is 1.68. The summed E-state index contributed by atoms with van der Waals surface area (Å²) in [5, 5.41) is 16.2. The number of nitrogens with zero attached hydrogens (tertiary/aromatic N) is 2. The molecule has 0 saturated carbocycles. The third kappa shape index (κ3) is 2.43. The zero-order chi connectivity index (χ0) is 12.4. The minimum absolute atomic E-state index is 0.0273. The van der Waals surface area contributed by atoms with Crippen LogP contribution < -0.4 is 5.32 Å². The van der Waals surface area contributed by atoms with Crippen LogP contribution in [0.15, 0.2) is 16.8 Å². The molecule has 1 N–H and O–H groups in total. The van der Waals surface area contributed by atoms with Crippen molar-refractivity contribution in [1.82, 2.24) is 10.2 Å². The molecule has 0 radical (unpaired) electrons. The Morgan fingerprint density at radius 3 is 3.17 bits per heavy atom. The monoisotopic (exact) mass is 281 g/mol. The van der Waals surface area contributed by atoms with Crippen molar-refractivity contribution in [2.45, 2.75) is 6.42 Å². The van der Waals surface area contributed by atoms with Gasteiger partial charge in [-0.2, -0.15) is 11.3 Å². The summed E-state index contributed by atoms with van der Waals surface area (Å²) in [5.41, 5.74) is 1.04. The van der Waals surface area contributed by atoms with Crippen molar-refractivity contribution in [2.24, 2.45) is 5.92 Å². The quantitative estimate of drug-likeness (QED) is 0.937. The van der Waals surface area contributed by atoms with Crippen molar-refractivity contribution in [3.05, 3.63) is 16.8 Å². The fraction of sp³-hybridized carbons (Fsp3) is 0.364. The molecule has 1 aliphatic heterocycles. The highest BCUT2D eigenvalue weighted by Gasteiger charge is 2.24. The molecule has 7 heteroatoms. The maximum Gasteiger partial charge on any atom is 0.231 e. The molecule has 1 unspecified atom stereocenters. The number of nitrogens with one attached hydrogen (secondary N) is 1. The minimum atomic E-state index is -0.0569. The molecule has 0 bridgehead atoms. The van der Waals surface area contributed by atoms with Crippen LogP contribution in [-0.2, 0) is 9.53 Å². The third-order valence-corrected chi connectivity index (χ3v) is 4.29. The molecule has 1 amide bonds. The van der Waals surface area contributed by atoms with Gasteiger partial charge in [-0.05, 0) is 17.9 Å². The summed E-state index contributed by atoms with van der Waals surface area (Å²) in [4.78, 5) is 11.9. The van der Waals surface area contributed by atoms with Crippen molar-refractivity contribution < 1.29 is 9.53 Å². The summed E-state index contributed by atoms with van der Waals surface area (Å²) in [6, 6.07) is 1.99. The number of anilines is 1. The van der Waals surface area contributed by atoms with Crippen LogP contribution in [0.2, 0.25) is 0 Å². The van der Waals surface area contributed by atoms with E-state index >= 15 is 0 Å². The van der Waals surface area contributed by atoms with Gasteiger partial charge in [-0.3, -0.25) is 4.79 Å². The number of thiophene rings is 1. The molecule has 94 valence electrons. The third-order valence-electron chi connectivity index (χ3n) is 2.72. The first-order chi connectivity index (χ1) is 8.83. The van der Waals surface area contributed by atoms with Gasteiger partial charge in [0, 0.05) is 17.6 Å². The van der Waals surface area contributed by atoms with E-state index in [2.05, 4.69) is 15.5 Å². The molecule has 1 saturated heterocycles. The summed E-state index contributed by atoms with van der Waals surface area (Å²) in [7, 11) is 0. The first-order valence-electron chi connectivity index (χ1n) is 5.57. The standard InChI is InChI=1S/C11H11N3O2S2/c15-9(7-1-3-16-5-7)12-11-14-13-10(18-11)8-2-4-17-6-8/h2,4,6-7H,1,3,5H2,(H,12,14,15). The lowest BCUT2D eigenvalue weighted by Gasteiger charge is -2.05. The molecule has 3 heterocycles. The van der Waals surface area contributed by atoms with Gasteiger partial charge in [0.05, 0.1) is 12.5 Å². The lowest BCUT2D eigenvalue weighted by molar-refractivity contribution is -0.119. The topological polar surface area (TPSA) is 64.1 Å². The molecule has 1 fully saturated rings. The van der Waals surface area contributed by atoms with E-state index in [4.69, 9.17) is 4.74 Å². The number of ether oxygens (including phenoxy) is 1. The second-order valence-corrected chi connectivity index (χ2v) is 5.73. The Labute approximate surface area is 112 Å². The van der Waals surface area contributed by atoms with E-state index in [9.17, 15) is 4.79 Å². The summed E-state index contributed by atoms with van der Waals surface area (Å²) < 4.78 is 5.19. The predicted molar refractivity (Wildman–Crippen MR) is 70.8 cm³/mol. The highest BCUT2D eigenvalue weighted by molar-refractivity contribution is 7.19. The van der Waals surface area contributed by atoms with E-state index in [0.29, 0.717) is 18.3 Å². The highest BCUT2D eigenvalue weighted by atomic mass is 32.1. The van der Waals surface area contributed by atoms with Crippen molar-refractivity contribution in [3.8, 4) is 10.6 Å². The lowest BCUT2D eigenvalue weighted by Crippen LogP contribution is -2.22. The van der Waals surface area contributed by atoms with Gasteiger partial charge in [0.2, 0.25) is 11.0 Å². The Morgan fingerprint density at radius 1 is 1.50 bits per heavy atom. The van der Waals surface area contributed by atoms with Crippen LogP contribution in [0.3, 0.4) is 0 Å². The van der Waals surface area contributed by atoms with E-state index < -0.39 is 0 Å². The molecular weight excluding hydrogens is 270 g/mol. The van der Waals surface area contributed by atoms with Crippen molar-refractivity contribution in [3.63, 3.8) is 0 Å². The van der Waals surface area contributed by atoms with Crippen LogP contribution in [0.1, 0.15) is 6.42 Å². The molecular formula is C11H11N3O2S2. The van der Waals surface area contributed by atoms with E-state index in [-0.39, 0.29) is 11.8 Å². The number of carbonyl (C=O) groups excluding carboxylic acids is 1. The fourth-order valence-electron chi connectivity index (χ4n) is 1.73. The van der Waals surface area contributed by atoms with Crippen molar-refractivity contribution >= 4 is 33.7 Å². The number of aromatic nitrogens is 2. The molecule has 0 spiro atoms. The van der Waals surface area contributed by atoms with E-state index in [1.165, 1.54) is 11.3 Å². The molecule has 1 atom stereocenters. The average Bonchev–Trinajstić information content (AvgIpc) is 3.12. The van der Waals surface area contributed by atoms with Gasteiger partial charge in [0.25, 0.3) is 0 Å². The number of amides is 1. The average molecular weight is 281 g/mol. The van der Waals surface area contributed by atoms with Crippen LogP contribution >= 0.6 is 22.7 Å². The molecule has 3 rings (SSSR count). The van der Waals surface area contributed by atoms with Gasteiger partial charge in [-0.25, -0.2) is 0 Å². The van der Waals surface area contributed by atoms with E-state index in [1.54, 1.807) is 11.3 Å². The number of carbonyl (C=O) groups is 1. The van der Waals surface area contributed by atoms with Crippen molar-refractivity contribution in [1.29, 1.82) is 0 Å². The second-order valence-electron chi connectivity index (χ2n) is 3.97. The molecule has 1 aliphatic rings. The lowest BCUT2D eigenvalue weighted by atomic mass is 10.1. The van der Waals surface area contributed by atoms with Crippen LogP contribution in [0.4, 0.5) is 5.13 Å². The van der Waals surface area contributed by atoms with Crippen LogP contribution in [0, 0.1) is 5.92 Å². The first-order valence-corrected chi connectivity index (χ1v) is 7.33. The maximum atomic E-state index is 11.9. The fourth-order valence-corrected chi connectivity index (χ4v) is 3.18. The Kier molecular flexibility index (Phi) is 3.35. The van der Waals surface area contributed by atoms with Gasteiger partial charge in [0.1, 0.15) is 5.01 Å². The van der Waals surface area contributed by atoms with Crippen LogP contribution in [-0.4, -0.2) is 29.3 Å². The first kappa shape index (κ1) is 11.8. The summed E-state index contributed by atoms with van der Waals surface area (Å²) in [6.45, 7) is 1.16. The molecule has 2 aromatic heterocycles. The SMILES string of the molecule is O=C(Nc1nnc(-c2ccsc2)s1)C1CCOC1. The predicted octanol–water partition coefficient (Wildman–Crippen LogP) is 2.24. The minimum Gasteiger partial charge on any atom is -0.381 e. The zero-order valence-corrected chi connectivity index (χ0v) is 11.1. The van der Waals surface area contributed by atoms with Crippen molar-refractivity contribution in [2.75, 3.05) is 18.5 Å². The normalized spacial score (nSPS) is 19.0. The maximum absolute atomic E-state index is 11.9. The zero-order valence-electron chi connectivity index (χ0n) is 9.46. The van der Waals surface area contributed by atoms with Crippen LogP contribution in [0.5, 0.6) is 0 Å². The largest absolute Gasteiger partial charge is 0.381 e. The highest BCUT2D eigenvalue weighted by Crippen LogP contribution is 2.28. The Hall–Kier alpha value is -1.31. The summed E-state index contributed by atoms with van der Waals surface area (Å²) in [5.74, 6) is -0.0842. The van der Waals surface area contributed by atoms with E-state index in [0.717, 1.165) is 17.0 Å². The number of hydrogen-bond donors (Lipinski definition) is 1. The Bertz CT molecular complexity index is 532. The Morgan fingerprint density at radius 2 is 2.44 bits per heavy atom. The summed E-state index contributed by atoms with van der Waals surface area (Å²) >= 11 is 3.00. The van der Waals surface area contributed by atoms with E-state index in [1.807, 2.05) is 16.8 Å². The second kappa shape index (κ2) is 5.13.